The highest BCUT2D eigenvalue weighted by atomic mass is 16.5. The lowest BCUT2D eigenvalue weighted by atomic mass is 10.3. The molecule has 0 atom stereocenters. The predicted octanol–water partition coefficient (Wildman–Crippen LogP) is -0.428. The molecule has 0 radical (unpaired) electrons. The van der Waals surface area contributed by atoms with Gasteiger partial charge in [-0.2, -0.15) is 0 Å². The zero-order valence-corrected chi connectivity index (χ0v) is 9.32. The van der Waals surface area contributed by atoms with Gasteiger partial charge in [-0.05, 0) is 13.8 Å². The number of aliphatic hydroxyl groups excluding tert-OH is 1. The summed E-state index contributed by atoms with van der Waals surface area (Å²) in [6.45, 7) is 4.24. The summed E-state index contributed by atoms with van der Waals surface area (Å²) in [4.78, 5) is 23.7. The van der Waals surface area contributed by atoms with Crippen LogP contribution in [0.2, 0.25) is 0 Å². The first-order valence-electron chi connectivity index (χ1n) is 4.74. The van der Waals surface area contributed by atoms with Gasteiger partial charge in [0, 0.05) is 12.6 Å². The number of nitrogens with zero attached hydrogens (tertiary/aromatic N) is 1. The van der Waals surface area contributed by atoms with Crippen molar-refractivity contribution in [1.29, 1.82) is 0 Å². The van der Waals surface area contributed by atoms with Crippen LogP contribution in [0.1, 0.15) is 13.8 Å². The van der Waals surface area contributed by atoms with Gasteiger partial charge in [-0.15, -0.1) is 0 Å². The zero-order valence-electron chi connectivity index (χ0n) is 9.32. The summed E-state index contributed by atoms with van der Waals surface area (Å²) in [5.74, 6) is -0.441. The van der Waals surface area contributed by atoms with E-state index in [1.54, 1.807) is 4.90 Å². The normalized spacial score (nSPS) is 10.5. The molecule has 6 nitrogen and oxygen atoms in total. The molecule has 0 aliphatic heterocycles. The lowest BCUT2D eigenvalue weighted by molar-refractivity contribution is -0.122. The maximum Gasteiger partial charge on any atom is 0.413 e. The van der Waals surface area contributed by atoms with Gasteiger partial charge < -0.3 is 9.84 Å². The lowest BCUT2D eigenvalue weighted by Gasteiger charge is -2.24. The summed E-state index contributed by atoms with van der Waals surface area (Å²) in [5.41, 5.74) is 0. The predicted molar refractivity (Wildman–Crippen MR) is 54.3 cm³/mol. The van der Waals surface area contributed by atoms with Crippen molar-refractivity contribution < 1.29 is 19.4 Å². The Bertz CT molecular complexity index is 218. The van der Waals surface area contributed by atoms with Gasteiger partial charge in [0.1, 0.15) is 0 Å². The molecule has 0 aliphatic rings. The number of amides is 2. The van der Waals surface area contributed by atoms with Crippen molar-refractivity contribution in [2.45, 2.75) is 19.9 Å². The molecule has 2 N–H and O–H groups in total. The van der Waals surface area contributed by atoms with Crippen molar-refractivity contribution in [1.82, 2.24) is 10.2 Å². The number of rotatable bonds is 5. The van der Waals surface area contributed by atoms with Crippen molar-refractivity contribution in [3.63, 3.8) is 0 Å². The monoisotopic (exact) mass is 218 g/mol. The minimum atomic E-state index is -0.771. The van der Waals surface area contributed by atoms with Crippen molar-refractivity contribution in [3.8, 4) is 0 Å². The molecule has 0 aliphatic carbocycles. The van der Waals surface area contributed by atoms with E-state index in [4.69, 9.17) is 5.11 Å². The number of carbonyl (C=O) groups excluding carboxylic acids is 2. The van der Waals surface area contributed by atoms with Gasteiger partial charge in [0.25, 0.3) is 0 Å². The molecular formula is C9H18N2O4. The Kier molecular flexibility index (Phi) is 6.64. The number of methoxy groups -OCH3 is 1. The quantitative estimate of drug-likeness (QED) is 0.654. The van der Waals surface area contributed by atoms with E-state index in [1.165, 1.54) is 7.11 Å². The van der Waals surface area contributed by atoms with Gasteiger partial charge in [0.2, 0.25) is 5.91 Å². The van der Waals surface area contributed by atoms with Crippen molar-refractivity contribution in [3.05, 3.63) is 0 Å². The number of aliphatic hydroxyl groups is 1. The summed E-state index contributed by atoms with van der Waals surface area (Å²) in [6, 6.07) is 0.126. The lowest BCUT2D eigenvalue weighted by Crippen LogP contribution is -2.43. The smallest absolute Gasteiger partial charge is 0.413 e. The average molecular weight is 218 g/mol. The summed E-state index contributed by atoms with van der Waals surface area (Å²) in [5, 5.41) is 10.8. The minimum absolute atomic E-state index is 0.0241. The van der Waals surface area contributed by atoms with E-state index >= 15 is 0 Å². The largest absolute Gasteiger partial charge is 0.453 e. The first kappa shape index (κ1) is 13.9. The molecule has 6 heteroatoms. The number of imide groups is 1. The molecule has 0 saturated heterocycles. The van der Waals surface area contributed by atoms with E-state index < -0.39 is 12.0 Å². The molecule has 0 heterocycles. The number of ether oxygens (including phenoxy) is 1. The van der Waals surface area contributed by atoms with Gasteiger partial charge in [0.05, 0.1) is 20.3 Å². The van der Waals surface area contributed by atoms with Crippen LogP contribution in [0.15, 0.2) is 0 Å². The van der Waals surface area contributed by atoms with Crippen LogP contribution >= 0.6 is 0 Å². The first-order chi connectivity index (χ1) is 7.01. The second-order valence-corrected chi connectivity index (χ2v) is 3.33. The molecular weight excluding hydrogens is 200 g/mol. The van der Waals surface area contributed by atoms with E-state index in [0.29, 0.717) is 6.54 Å². The molecule has 2 amide bonds. The molecule has 0 spiro atoms. The number of hydrogen-bond acceptors (Lipinski definition) is 5. The molecule has 0 unspecified atom stereocenters. The molecule has 0 aromatic heterocycles. The van der Waals surface area contributed by atoms with Gasteiger partial charge in [-0.3, -0.25) is 15.0 Å². The third-order valence-corrected chi connectivity index (χ3v) is 1.89. The van der Waals surface area contributed by atoms with Crippen LogP contribution < -0.4 is 5.32 Å². The highest BCUT2D eigenvalue weighted by Gasteiger charge is 2.15. The van der Waals surface area contributed by atoms with E-state index in [9.17, 15) is 9.59 Å². The Morgan fingerprint density at radius 2 is 2.07 bits per heavy atom. The SMILES string of the molecule is COC(=O)NC(=O)CN(CCO)C(C)C. The fourth-order valence-electron chi connectivity index (χ4n) is 1.04. The standard InChI is InChI=1S/C9H18N2O4/c1-7(2)11(4-5-12)6-8(13)10-9(14)15-3/h7,12H,4-6H2,1-3H3,(H,10,13,14). The van der Waals surface area contributed by atoms with Gasteiger partial charge in [0.15, 0.2) is 0 Å². The first-order valence-corrected chi connectivity index (χ1v) is 4.74. The fraction of sp³-hybridized carbons (Fsp3) is 0.778. The Balaban J connectivity index is 4.05. The summed E-state index contributed by atoms with van der Waals surface area (Å²) in [7, 11) is 1.19. The molecule has 0 aromatic rings. The fourth-order valence-corrected chi connectivity index (χ4v) is 1.04. The van der Waals surface area contributed by atoms with Crippen LogP contribution in [0.5, 0.6) is 0 Å². The van der Waals surface area contributed by atoms with Crippen LogP contribution in [0, 0.1) is 0 Å². The Morgan fingerprint density at radius 1 is 1.47 bits per heavy atom. The van der Waals surface area contributed by atoms with Gasteiger partial charge in [-0.1, -0.05) is 0 Å². The van der Waals surface area contributed by atoms with Gasteiger partial charge >= 0.3 is 6.09 Å². The molecule has 15 heavy (non-hydrogen) atoms. The molecule has 0 rings (SSSR count). The average Bonchev–Trinajstić information content (AvgIpc) is 2.16. The number of hydrogen-bond donors (Lipinski definition) is 2. The second kappa shape index (κ2) is 7.19. The zero-order chi connectivity index (χ0) is 11.8. The maximum atomic E-state index is 11.3. The topological polar surface area (TPSA) is 78.9 Å². The van der Waals surface area contributed by atoms with E-state index in [-0.39, 0.29) is 19.2 Å². The Morgan fingerprint density at radius 3 is 2.47 bits per heavy atom. The van der Waals surface area contributed by atoms with Crippen molar-refractivity contribution in [2.24, 2.45) is 0 Å². The minimum Gasteiger partial charge on any atom is -0.453 e. The van der Waals surface area contributed by atoms with Gasteiger partial charge in [-0.25, -0.2) is 4.79 Å². The number of carbonyl (C=O) groups is 2. The van der Waals surface area contributed by atoms with Crippen LogP contribution in [0.4, 0.5) is 4.79 Å². The third-order valence-electron chi connectivity index (χ3n) is 1.89. The van der Waals surface area contributed by atoms with Crippen LogP contribution in [0.25, 0.3) is 0 Å². The van der Waals surface area contributed by atoms with Crippen molar-refractivity contribution in [2.75, 3.05) is 26.8 Å². The molecule has 0 bridgehead atoms. The van der Waals surface area contributed by atoms with E-state index in [2.05, 4.69) is 4.74 Å². The Labute approximate surface area is 89.2 Å². The second-order valence-electron chi connectivity index (χ2n) is 3.33. The van der Waals surface area contributed by atoms with E-state index in [0.717, 1.165) is 0 Å². The molecule has 0 aromatic carbocycles. The summed E-state index contributed by atoms with van der Waals surface area (Å²) < 4.78 is 4.28. The summed E-state index contributed by atoms with van der Waals surface area (Å²) >= 11 is 0. The van der Waals surface area contributed by atoms with Crippen LogP contribution in [-0.2, 0) is 9.53 Å². The van der Waals surface area contributed by atoms with Crippen LogP contribution in [0.3, 0.4) is 0 Å². The molecule has 88 valence electrons. The van der Waals surface area contributed by atoms with Crippen molar-refractivity contribution >= 4 is 12.0 Å². The molecule has 0 fully saturated rings. The maximum absolute atomic E-state index is 11.3. The Hall–Kier alpha value is -1.14. The number of alkyl carbamates (subject to hydrolysis) is 1. The highest BCUT2D eigenvalue weighted by molar-refractivity contribution is 5.92. The van der Waals surface area contributed by atoms with E-state index in [1.807, 2.05) is 19.2 Å². The van der Waals surface area contributed by atoms with Crippen LogP contribution in [-0.4, -0.2) is 54.9 Å². The number of nitrogens with one attached hydrogen (secondary N) is 1. The molecule has 0 saturated carbocycles. The summed E-state index contributed by atoms with van der Waals surface area (Å²) in [6.07, 6.45) is -0.771. The highest BCUT2D eigenvalue weighted by Crippen LogP contribution is 1.96. The third kappa shape index (κ3) is 6.03.